The standard InChI is InChI=1S/C23H38FN2O10PS2/c1-22(2,3)18(28)38-15-13-32-9-11-34-37(31,36-20(24)26-8-7-17(27)25-21(26)30)35-12-10-33-14-16-39-19(29)23(4,5)6/h7-8,20H,9-16H2,1-6H3,(H,25,27,30). The van der Waals surface area contributed by atoms with Crippen molar-refractivity contribution in [1.29, 1.82) is 0 Å². The summed E-state index contributed by atoms with van der Waals surface area (Å²) >= 11 is 2.25. The molecule has 0 aromatic carbocycles. The number of nitrogens with zero attached hydrogens (tertiary/aromatic N) is 1. The molecule has 1 aromatic rings. The Labute approximate surface area is 235 Å². The van der Waals surface area contributed by atoms with Crippen LogP contribution in [0.4, 0.5) is 4.39 Å². The Kier molecular flexibility index (Phi) is 15.4. The summed E-state index contributed by atoms with van der Waals surface area (Å²) in [4.78, 5) is 48.7. The molecule has 224 valence electrons. The SMILES string of the molecule is CC(C)(C)C(=O)SCCOCCOP(=O)(OCCOCCSC(=O)C(C)(C)C)OC(F)n1ccc(=O)[nH]c1=O. The highest BCUT2D eigenvalue weighted by Gasteiger charge is 2.32. The number of ether oxygens (including phenoxy) is 2. The maximum atomic E-state index is 14.7. The van der Waals surface area contributed by atoms with Crippen LogP contribution >= 0.6 is 31.3 Å². The summed E-state index contributed by atoms with van der Waals surface area (Å²) < 4.78 is 53.9. The van der Waals surface area contributed by atoms with Crippen LogP contribution in [0.15, 0.2) is 21.9 Å². The molecule has 0 fully saturated rings. The van der Waals surface area contributed by atoms with Gasteiger partial charge < -0.3 is 9.47 Å². The lowest BCUT2D eigenvalue weighted by molar-refractivity contribution is -0.118. The molecule has 0 saturated carbocycles. The normalized spacial score (nSPS) is 13.4. The van der Waals surface area contributed by atoms with E-state index in [1.165, 1.54) is 0 Å². The highest BCUT2D eigenvalue weighted by molar-refractivity contribution is 8.14. The smallest absolute Gasteiger partial charge is 0.378 e. The lowest BCUT2D eigenvalue weighted by atomic mass is 9.99. The number of phosphoric ester groups is 1. The average molecular weight is 617 g/mol. The van der Waals surface area contributed by atoms with E-state index >= 15 is 0 Å². The molecule has 39 heavy (non-hydrogen) atoms. The molecule has 1 aromatic heterocycles. The Bertz CT molecular complexity index is 1040. The zero-order valence-corrected chi connectivity index (χ0v) is 25.6. The van der Waals surface area contributed by atoms with Crippen LogP contribution in [-0.2, 0) is 37.2 Å². The number of halogens is 1. The molecular formula is C23H38FN2O10PS2. The van der Waals surface area contributed by atoms with E-state index in [-0.39, 0.29) is 49.9 Å². The van der Waals surface area contributed by atoms with Gasteiger partial charge in [-0.3, -0.25) is 28.4 Å². The van der Waals surface area contributed by atoms with E-state index in [1.807, 2.05) is 46.5 Å². The Hall–Kier alpha value is -1.32. The Morgan fingerprint density at radius 2 is 1.36 bits per heavy atom. The maximum absolute atomic E-state index is 14.7. The van der Waals surface area contributed by atoms with Crippen LogP contribution in [-0.4, -0.2) is 70.9 Å². The Balaban J connectivity index is 2.58. The van der Waals surface area contributed by atoms with Crippen molar-refractivity contribution < 1.29 is 41.6 Å². The van der Waals surface area contributed by atoms with Gasteiger partial charge >= 0.3 is 13.5 Å². The minimum absolute atomic E-state index is 0.0155. The second-order valence-corrected chi connectivity index (χ2v) is 13.8. The Morgan fingerprint density at radius 3 is 1.77 bits per heavy atom. The number of carbonyl (C=O) groups is 2. The van der Waals surface area contributed by atoms with Crippen LogP contribution in [0.2, 0.25) is 0 Å². The first-order valence-corrected chi connectivity index (χ1v) is 15.5. The zero-order chi connectivity index (χ0) is 29.7. The van der Waals surface area contributed by atoms with Gasteiger partial charge in [0.25, 0.3) is 12.0 Å². The van der Waals surface area contributed by atoms with Gasteiger partial charge in [0.2, 0.25) is 0 Å². The molecule has 1 atom stereocenters. The molecule has 1 rings (SSSR count). The van der Waals surface area contributed by atoms with Crippen LogP contribution in [0.1, 0.15) is 48.0 Å². The van der Waals surface area contributed by atoms with E-state index in [2.05, 4.69) is 0 Å². The molecular weight excluding hydrogens is 578 g/mol. The predicted octanol–water partition coefficient (Wildman–Crippen LogP) is 3.77. The van der Waals surface area contributed by atoms with Crippen LogP contribution < -0.4 is 11.2 Å². The maximum Gasteiger partial charge on any atom is 0.478 e. The van der Waals surface area contributed by atoms with E-state index in [1.54, 1.807) is 0 Å². The first kappa shape index (κ1) is 35.7. The van der Waals surface area contributed by atoms with E-state index in [0.29, 0.717) is 16.1 Å². The molecule has 0 spiro atoms. The summed E-state index contributed by atoms with van der Waals surface area (Å²) in [6.07, 6.45) is 0.829. The quantitative estimate of drug-likeness (QED) is 0.200. The fourth-order valence-electron chi connectivity index (χ4n) is 2.28. The number of carbonyl (C=O) groups excluding carboxylic acids is 2. The van der Waals surface area contributed by atoms with Gasteiger partial charge in [-0.1, -0.05) is 65.1 Å². The van der Waals surface area contributed by atoms with Crippen molar-refractivity contribution in [1.82, 2.24) is 9.55 Å². The number of nitrogens with one attached hydrogen (secondary N) is 1. The molecule has 16 heteroatoms. The first-order valence-electron chi connectivity index (χ1n) is 12.1. The topological polar surface area (TPSA) is 152 Å². The number of rotatable bonds is 17. The van der Waals surface area contributed by atoms with E-state index in [4.69, 9.17) is 23.0 Å². The van der Waals surface area contributed by atoms with Gasteiger partial charge in [0, 0.05) is 34.6 Å². The number of phosphoric acid groups is 1. The molecule has 0 aliphatic rings. The lowest BCUT2D eigenvalue weighted by Crippen LogP contribution is -2.31. The average Bonchev–Trinajstić information content (AvgIpc) is 2.81. The van der Waals surface area contributed by atoms with Gasteiger partial charge in [0.15, 0.2) is 10.2 Å². The van der Waals surface area contributed by atoms with Crippen molar-refractivity contribution in [2.75, 3.05) is 51.1 Å². The molecule has 1 N–H and O–H groups in total. The molecule has 0 radical (unpaired) electrons. The minimum atomic E-state index is -4.56. The summed E-state index contributed by atoms with van der Waals surface area (Å²) in [5, 5.41) is 0.0310. The van der Waals surface area contributed by atoms with Crippen LogP contribution in [0, 0.1) is 10.8 Å². The van der Waals surface area contributed by atoms with Crippen molar-refractivity contribution in [3.63, 3.8) is 0 Å². The van der Waals surface area contributed by atoms with Crippen LogP contribution in [0.25, 0.3) is 0 Å². The van der Waals surface area contributed by atoms with Gasteiger partial charge in [-0.15, -0.1) is 0 Å². The predicted molar refractivity (Wildman–Crippen MR) is 148 cm³/mol. The van der Waals surface area contributed by atoms with Crippen molar-refractivity contribution in [2.45, 2.75) is 48.0 Å². The summed E-state index contributed by atoms with van der Waals surface area (Å²) in [6, 6.07) is 0.885. The number of aromatic nitrogens is 2. The van der Waals surface area contributed by atoms with Gasteiger partial charge in [0.1, 0.15) is 0 Å². The van der Waals surface area contributed by atoms with Crippen molar-refractivity contribution in [3.8, 4) is 0 Å². The molecule has 0 bridgehead atoms. The lowest BCUT2D eigenvalue weighted by Gasteiger charge is -2.21. The summed E-state index contributed by atoms with van der Waals surface area (Å²) in [6.45, 7) is 7.95. The summed E-state index contributed by atoms with van der Waals surface area (Å²) in [7, 11) is -4.56. The van der Waals surface area contributed by atoms with Crippen LogP contribution in [0.5, 0.6) is 0 Å². The molecule has 1 unspecified atom stereocenters. The van der Waals surface area contributed by atoms with E-state index in [9.17, 15) is 28.1 Å². The fraction of sp³-hybridized carbons (Fsp3) is 0.739. The largest absolute Gasteiger partial charge is 0.478 e. The molecule has 1 heterocycles. The third-order valence-corrected chi connectivity index (χ3v) is 8.31. The molecule has 0 aliphatic heterocycles. The highest BCUT2D eigenvalue weighted by atomic mass is 32.2. The van der Waals surface area contributed by atoms with Crippen molar-refractivity contribution >= 4 is 41.6 Å². The highest BCUT2D eigenvalue weighted by Crippen LogP contribution is 2.52. The van der Waals surface area contributed by atoms with Crippen molar-refractivity contribution in [3.05, 3.63) is 33.1 Å². The molecule has 0 aliphatic carbocycles. The number of hydrogen-bond acceptors (Lipinski definition) is 12. The number of H-pyrrole nitrogens is 1. The van der Waals surface area contributed by atoms with Gasteiger partial charge in [0.05, 0.1) is 39.6 Å². The monoisotopic (exact) mass is 616 g/mol. The summed E-state index contributed by atoms with van der Waals surface area (Å²) in [5.41, 5.74) is -2.83. The molecule has 0 saturated heterocycles. The van der Waals surface area contributed by atoms with Gasteiger partial charge in [-0.05, 0) is 0 Å². The second kappa shape index (κ2) is 16.8. The number of thioether (sulfide) groups is 2. The van der Waals surface area contributed by atoms with Crippen LogP contribution in [0.3, 0.4) is 0 Å². The number of hydrogen-bond donors (Lipinski definition) is 1. The van der Waals surface area contributed by atoms with Crippen molar-refractivity contribution in [2.24, 2.45) is 10.8 Å². The fourth-order valence-corrected chi connectivity index (χ4v) is 5.03. The number of aromatic amines is 1. The van der Waals surface area contributed by atoms with E-state index in [0.717, 1.165) is 35.8 Å². The van der Waals surface area contributed by atoms with Gasteiger partial charge in [-0.25, -0.2) is 18.5 Å². The zero-order valence-electron chi connectivity index (χ0n) is 23.1. The first-order chi connectivity index (χ1) is 18.0. The Morgan fingerprint density at radius 1 is 0.897 bits per heavy atom. The third-order valence-electron chi connectivity index (χ3n) is 4.39. The summed E-state index contributed by atoms with van der Waals surface area (Å²) in [5.74, 6) is 0.804. The molecule has 0 amide bonds. The molecule has 12 nitrogen and oxygen atoms in total. The van der Waals surface area contributed by atoms with E-state index < -0.39 is 36.4 Å². The van der Waals surface area contributed by atoms with Gasteiger partial charge in [-0.2, -0.15) is 4.39 Å². The second-order valence-electron chi connectivity index (χ2n) is 10.0. The number of alkyl halides is 1. The minimum Gasteiger partial charge on any atom is -0.378 e. The third kappa shape index (κ3) is 14.8.